The van der Waals surface area contributed by atoms with E-state index in [0.29, 0.717) is 24.0 Å². The monoisotopic (exact) mass is 393 g/mol. The molecule has 0 aliphatic carbocycles. The van der Waals surface area contributed by atoms with Crippen molar-refractivity contribution in [2.24, 2.45) is 0 Å². The molecular weight excluding hydrogens is 374 g/mol. The Balaban J connectivity index is 1.73. The molecule has 0 aliphatic rings. The van der Waals surface area contributed by atoms with E-state index < -0.39 is 0 Å². The lowest BCUT2D eigenvalue weighted by Gasteiger charge is -2.18. The van der Waals surface area contributed by atoms with Crippen molar-refractivity contribution in [2.45, 2.75) is 20.4 Å². The summed E-state index contributed by atoms with van der Waals surface area (Å²) in [5.41, 5.74) is 2.48. The fourth-order valence-corrected chi connectivity index (χ4v) is 3.85. The zero-order chi connectivity index (χ0) is 19.5. The largest absolute Gasteiger partial charge is 0.494 e. The van der Waals surface area contributed by atoms with Gasteiger partial charge in [0.15, 0.2) is 5.13 Å². The van der Waals surface area contributed by atoms with E-state index in [2.05, 4.69) is 10.1 Å². The van der Waals surface area contributed by atoms with Crippen LogP contribution in [0.15, 0.2) is 59.1 Å². The average Bonchev–Trinajstić information content (AvgIpc) is 3.32. The number of benzene rings is 2. The summed E-state index contributed by atoms with van der Waals surface area (Å²) in [7, 11) is 0. The van der Waals surface area contributed by atoms with Crippen LogP contribution < -0.4 is 9.64 Å². The van der Waals surface area contributed by atoms with Gasteiger partial charge in [-0.1, -0.05) is 46.8 Å². The Morgan fingerprint density at radius 2 is 2.00 bits per heavy atom. The number of carbonyl (C=O) groups is 1. The first-order valence-electron chi connectivity index (χ1n) is 8.96. The van der Waals surface area contributed by atoms with Gasteiger partial charge in [-0.05, 0) is 37.6 Å². The van der Waals surface area contributed by atoms with Crippen LogP contribution in [0.5, 0.6) is 5.75 Å². The summed E-state index contributed by atoms with van der Waals surface area (Å²) >= 11 is 1.45. The fourth-order valence-electron chi connectivity index (χ4n) is 2.85. The van der Waals surface area contributed by atoms with Crippen LogP contribution in [-0.4, -0.2) is 22.7 Å². The summed E-state index contributed by atoms with van der Waals surface area (Å²) in [6, 6.07) is 17.2. The van der Waals surface area contributed by atoms with E-state index in [4.69, 9.17) is 9.26 Å². The van der Waals surface area contributed by atoms with Crippen molar-refractivity contribution in [3.63, 3.8) is 0 Å². The number of ether oxygens (including phenoxy) is 1. The number of fused-ring (bicyclic) bond motifs is 1. The second-order valence-electron chi connectivity index (χ2n) is 6.27. The Hall–Kier alpha value is -3.19. The minimum atomic E-state index is -0.270. The summed E-state index contributed by atoms with van der Waals surface area (Å²) < 4.78 is 11.7. The highest BCUT2D eigenvalue weighted by atomic mass is 32.1. The van der Waals surface area contributed by atoms with Crippen LogP contribution in [0.3, 0.4) is 0 Å². The van der Waals surface area contributed by atoms with Crippen LogP contribution in [0, 0.1) is 6.92 Å². The molecule has 142 valence electrons. The van der Waals surface area contributed by atoms with Gasteiger partial charge < -0.3 is 9.26 Å². The van der Waals surface area contributed by atoms with Crippen LogP contribution >= 0.6 is 11.3 Å². The smallest absolute Gasteiger partial charge is 0.298 e. The third kappa shape index (κ3) is 3.75. The predicted molar refractivity (Wildman–Crippen MR) is 109 cm³/mol. The summed E-state index contributed by atoms with van der Waals surface area (Å²) in [4.78, 5) is 19.4. The van der Waals surface area contributed by atoms with E-state index in [-0.39, 0.29) is 11.7 Å². The van der Waals surface area contributed by atoms with E-state index in [1.807, 2.05) is 55.5 Å². The molecule has 0 spiro atoms. The molecule has 4 rings (SSSR count). The van der Waals surface area contributed by atoms with Crippen molar-refractivity contribution in [3.8, 4) is 5.75 Å². The zero-order valence-corrected chi connectivity index (χ0v) is 16.4. The van der Waals surface area contributed by atoms with E-state index in [0.717, 1.165) is 21.5 Å². The number of anilines is 1. The molecule has 2 heterocycles. The molecule has 4 aromatic rings. The molecule has 0 aliphatic heterocycles. The van der Waals surface area contributed by atoms with Crippen molar-refractivity contribution >= 4 is 32.6 Å². The van der Waals surface area contributed by atoms with Crippen molar-refractivity contribution in [2.75, 3.05) is 11.5 Å². The zero-order valence-electron chi connectivity index (χ0n) is 15.6. The molecule has 0 N–H and O–H groups in total. The van der Waals surface area contributed by atoms with Gasteiger partial charge in [-0.15, -0.1) is 0 Å². The predicted octanol–water partition coefficient (Wildman–Crippen LogP) is 4.84. The van der Waals surface area contributed by atoms with E-state index in [9.17, 15) is 4.79 Å². The maximum absolute atomic E-state index is 13.1. The SMILES string of the molecule is CCOc1ccc2nc(N(Cc3ccccc3)C(=O)c3cc(C)no3)sc2c1. The third-order valence-electron chi connectivity index (χ3n) is 4.16. The Morgan fingerprint density at radius 3 is 2.71 bits per heavy atom. The van der Waals surface area contributed by atoms with Crippen molar-refractivity contribution in [3.05, 3.63) is 71.6 Å². The third-order valence-corrected chi connectivity index (χ3v) is 5.20. The Bertz CT molecular complexity index is 1100. The number of rotatable bonds is 6. The number of nitrogens with zero attached hydrogens (tertiary/aromatic N) is 3. The summed E-state index contributed by atoms with van der Waals surface area (Å²) in [6.07, 6.45) is 0. The normalized spacial score (nSPS) is 10.9. The molecule has 6 nitrogen and oxygen atoms in total. The number of hydrogen-bond donors (Lipinski definition) is 0. The molecule has 0 fully saturated rings. The van der Waals surface area contributed by atoms with Crippen molar-refractivity contribution in [1.29, 1.82) is 0 Å². The minimum Gasteiger partial charge on any atom is -0.494 e. The van der Waals surface area contributed by atoms with E-state index >= 15 is 0 Å². The molecule has 7 heteroatoms. The lowest BCUT2D eigenvalue weighted by Crippen LogP contribution is -2.30. The first-order valence-corrected chi connectivity index (χ1v) is 9.78. The molecule has 0 saturated carbocycles. The van der Waals surface area contributed by atoms with Crippen LogP contribution in [-0.2, 0) is 6.54 Å². The van der Waals surface area contributed by atoms with Gasteiger partial charge in [0.05, 0.1) is 29.1 Å². The highest BCUT2D eigenvalue weighted by molar-refractivity contribution is 7.22. The van der Waals surface area contributed by atoms with Gasteiger partial charge in [-0.25, -0.2) is 4.98 Å². The number of aromatic nitrogens is 2. The van der Waals surface area contributed by atoms with Crippen molar-refractivity contribution < 1.29 is 14.1 Å². The maximum Gasteiger partial charge on any atom is 0.298 e. The molecule has 0 atom stereocenters. The maximum atomic E-state index is 13.1. The lowest BCUT2D eigenvalue weighted by atomic mass is 10.2. The molecule has 2 aromatic heterocycles. The van der Waals surface area contributed by atoms with Gasteiger partial charge in [0.2, 0.25) is 5.76 Å². The minimum absolute atomic E-state index is 0.197. The number of amides is 1. The lowest BCUT2D eigenvalue weighted by molar-refractivity contribution is 0.0949. The molecular formula is C21H19N3O3S. The fraction of sp³-hybridized carbons (Fsp3) is 0.190. The standard InChI is InChI=1S/C21H19N3O3S/c1-3-26-16-9-10-17-19(12-16)28-21(22-17)24(13-15-7-5-4-6-8-15)20(25)18-11-14(2)23-27-18/h4-12H,3,13H2,1-2H3. The summed E-state index contributed by atoms with van der Waals surface area (Å²) in [5.74, 6) is 0.716. The van der Waals surface area contributed by atoms with Gasteiger partial charge in [0.1, 0.15) is 5.75 Å². The molecule has 0 saturated heterocycles. The number of thiazole rings is 1. The van der Waals surface area contributed by atoms with Crippen LogP contribution in [0.2, 0.25) is 0 Å². The highest BCUT2D eigenvalue weighted by Crippen LogP contribution is 2.33. The number of hydrogen-bond acceptors (Lipinski definition) is 6. The van der Waals surface area contributed by atoms with E-state index in [1.54, 1.807) is 17.9 Å². The molecule has 2 aromatic carbocycles. The second kappa shape index (κ2) is 7.82. The van der Waals surface area contributed by atoms with Gasteiger partial charge in [0, 0.05) is 6.07 Å². The van der Waals surface area contributed by atoms with Crippen LogP contribution in [0.4, 0.5) is 5.13 Å². The first kappa shape index (κ1) is 18.2. The van der Waals surface area contributed by atoms with Crippen molar-refractivity contribution in [1.82, 2.24) is 10.1 Å². The Morgan fingerprint density at radius 1 is 1.18 bits per heavy atom. The Labute approximate surface area is 166 Å². The quantitative estimate of drug-likeness (QED) is 0.469. The molecule has 1 amide bonds. The summed E-state index contributed by atoms with van der Waals surface area (Å²) in [5, 5.41) is 4.44. The summed E-state index contributed by atoms with van der Waals surface area (Å²) in [6.45, 7) is 4.72. The van der Waals surface area contributed by atoms with Gasteiger partial charge in [0.25, 0.3) is 5.91 Å². The average molecular weight is 393 g/mol. The molecule has 0 radical (unpaired) electrons. The highest BCUT2D eigenvalue weighted by Gasteiger charge is 2.25. The van der Waals surface area contributed by atoms with Crippen LogP contribution in [0.1, 0.15) is 28.7 Å². The molecule has 0 bridgehead atoms. The van der Waals surface area contributed by atoms with Crippen LogP contribution in [0.25, 0.3) is 10.2 Å². The second-order valence-corrected chi connectivity index (χ2v) is 7.28. The number of aryl methyl sites for hydroxylation is 1. The van der Waals surface area contributed by atoms with Gasteiger partial charge in [-0.2, -0.15) is 0 Å². The first-order chi connectivity index (χ1) is 13.6. The Kier molecular flexibility index (Phi) is 5.08. The van der Waals surface area contributed by atoms with Gasteiger partial charge in [-0.3, -0.25) is 9.69 Å². The van der Waals surface area contributed by atoms with Gasteiger partial charge >= 0.3 is 0 Å². The number of carbonyl (C=O) groups excluding carboxylic acids is 1. The topological polar surface area (TPSA) is 68.5 Å². The molecule has 0 unspecified atom stereocenters. The molecule has 28 heavy (non-hydrogen) atoms. The van der Waals surface area contributed by atoms with E-state index in [1.165, 1.54) is 11.3 Å².